The summed E-state index contributed by atoms with van der Waals surface area (Å²) in [5.74, 6) is 0.975. The van der Waals surface area contributed by atoms with Gasteiger partial charge >= 0.3 is 0 Å². The minimum absolute atomic E-state index is 0.237. The molecule has 0 radical (unpaired) electrons. The Kier molecular flexibility index (Phi) is 4.95. The maximum atomic E-state index is 12.7. The first-order valence-corrected chi connectivity index (χ1v) is 9.49. The van der Waals surface area contributed by atoms with Crippen LogP contribution in [0.4, 0.5) is 5.69 Å². The number of carbonyl (C=O) groups is 1. The summed E-state index contributed by atoms with van der Waals surface area (Å²) < 4.78 is 11.7. The van der Waals surface area contributed by atoms with Gasteiger partial charge in [0.05, 0.1) is 30.1 Å². The second kappa shape index (κ2) is 7.70. The van der Waals surface area contributed by atoms with Crippen molar-refractivity contribution in [1.82, 2.24) is 4.98 Å². The van der Waals surface area contributed by atoms with E-state index in [4.69, 9.17) is 9.47 Å². The van der Waals surface area contributed by atoms with Crippen molar-refractivity contribution in [1.29, 1.82) is 0 Å². The van der Waals surface area contributed by atoms with E-state index in [1.165, 1.54) is 0 Å². The van der Waals surface area contributed by atoms with Gasteiger partial charge in [0, 0.05) is 11.1 Å². The van der Waals surface area contributed by atoms with Crippen LogP contribution in [-0.2, 0) is 0 Å². The molecule has 1 N–H and O–H groups in total. The average molecular weight is 390 g/mol. The lowest BCUT2D eigenvalue weighted by atomic mass is 10.1. The Bertz CT molecular complexity index is 1120. The fourth-order valence-electron chi connectivity index (χ4n) is 2.89. The summed E-state index contributed by atoms with van der Waals surface area (Å²) in [6.45, 7) is 0. The predicted octanol–water partition coefficient (Wildman–Crippen LogP) is 5.23. The van der Waals surface area contributed by atoms with Crippen molar-refractivity contribution in [2.75, 3.05) is 19.5 Å². The molecule has 1 heterocycles. The number of anilines is 1. The van der Waals surface area contributed by atoms with Gasteiger partial charge in [-0.15, -0.1) is 11.3 Å². The molecule has 0 aliphatic heterocycles. The summed E-state index contributed by atoms with van der Waals surface area (Å²) in [5.41, 5.74) is 2.97. The topological polar surface area (TPSA) is 60.5 Å². The number of nitrogens with one attached hydrogen (secondary N) is 1. The van der Waals surface area contributed by atoms with Crippen molar-refractivity contribution in [3.8, 4) is 22.1 Å². The minimum Gasteiger partial charge on any atom is -0.497 e. The highest BCUT2D eigenvalue weighted by molar-refractivity contribution is 7.21. The molecule has 28 heavy (non-hydrogen) atoms. The van der Waals surface area contributed by atoms with E-state index in [1.807, 2.05) is 42.5 Å². The van der Waals surface area contributed by atoms with Gasteiger partial charge in [0.1, 0.15) is 16.5 Å². The number of aromatic nitrogens is 1. The molecule has 0 aliphatic rings. The zero-order chi connectivity index (χ0) is 19.5. The molecule has 0 saturated carbocycles. The normalized spacial score (nSPS) is 10.6. The Balaban J connectivity index is 1.67. The second-order valence-electron chi connectivity index (χ2n) is 6.09. The third kappa shape index (κ3) is 3.54. The SMILES string of the molecule is COc1cccc(C(=O)Nc2cc(-c3nc4ccccc4s3)ccc2OC)c1. The summed E-state index contributed by atoms with van der Waals surface area (Å²) in [6.07, 6.45) is 0. The number of methoxy groups -OCH3 is 2. The Morgan fingerprint density at radius 1 is 0.964 bits per heavy atom. The number of carbonyl (C=O) groups excluding carboxylic acids is 1. The van der Waals surface area contributed by atoms with E-state index in [0.717, 1.165) is 20.8 Å². The number of hydrogen-bond acceptors (Lipinski definition) is 5. The van der Waals surface area contributed by atoms with Crippen LogP contribution in [0.2, 0.25) is 0 Å². The highest BCUT2D eigenvalue weighted by Gasteiger charge is 2.14. The molecule has 5 nitrogen and oxygen atoms in total. The van der Waals surface area contributed by atoms with Gasteiger partial charge in [0.15, 0.2) is 0 Å². The van der Waals surface area contributed by atoms with Gasteiger partial charge in [-0.1, -0.05) is 18.2 Å². The van der Waals surface area contributed by atoms with E-state index in [0.29, 0.717) is 22.7 Å². The fourth-order valence-corrected chi connectivity index (χ4v) is 3.86. The summed E-state index contributed by atoms with van der Waals surface area (Å²) in [4.78, 5) is 17.4. The molecule has 140 valence electrons. The maximum Gasteiger partial charge on any atom is 0.255 e. The Morgan fingerprint density at radius 3 is 2.61 bits per heavy atom. The van der Waals surface area contributed by atoms with Crippen LogP contribution >= 0.6 is 11.3 Å². The molecule has 0 spiro atoms. The van der Waals surface area contributed by atoms with Gasteiger partial charge in [-0.25, -0.2) is 4.98 Å². The van der Waals surface area contributed by atoms with Crippen LogP contribution in [0, 0.1) is 0 Å². The molecule has 0 fully saturated rings. The molecular formula is C22H18N2O3S. The maximum absolute atomic E-state index is 12.7. The number of thiazole rings is 1. The zero-order valence-corrected chi connectivity index (χ0v) is 16.2. The summed E-state index contributed by atoms with van der Waals surface area (Å²) in [5, 5.41) is 3.82. The molecule has 1 aromatic heterocycles. The van der Waals surface area contributed by atoms with E-state index in [1.54, 1.807) is 49.8 Å². The molecule has 0 aliphatic carbocycles. The highest BCUT2D eigenvalue weighted by atomic mass is 32.1. The van der Waals surface area contributed by atoms with Gasteiger partial charge < -0.3 is 14.8 Å². The molecule has 0 saturated heterocycles. The number of fused-ring (bicyclic) bond motifs is 1. The van der Waals surface area contributed by atoms with Crippen LogP contribution in [0.3, 0.4) is 0 Å². The van der Waals surface area contributed by atoms with Crippen molar-refractivity contribution >= 4 is 33.1 Å². The lowest BCUT2D eigenvalue weighted by Crippen LogP contribution is -2.12. The van der Waals surface area contributed by atoms with Crippen molar-refractivity contribution in [3.05, 3.63) is 72.3 Å². The predicted molar refractivity (Wildman–Crippen MR) is 113 cm³/mol. The number of para-hydroxylation sites is 1. The molecular weight excluding hydrogens is 372 g/mol. The molecule has 0 atom stereocenters. The zero-order valence-electron chi connectivity index (χ0n) is 15.4. The number of ether oxygens (including phenoxy) is 2. The van der Waals surface area contributed by atoms with Gasteiger partial charge in [-0.2, -0.15) is 0 Å². The van der Waals surface area contributed by atoms with Crippen LogP contribution in [-0.4, -0.2) is 25.1 Å². The average Bonchev–Trinajstić information content (AvgIpc) is 3.18. The van der Waals surface area contributed by atoms with Gasteiger partial charge in [0.2, 0.25) is 0 Å². The monoisotopic (exact) mass is 390 g/mol. The molecule has 1 amide bonds. The third-order valence-electron chi connectivity index (χ3n) is 4.32. The number of nitrogens with zero attached hydrogens (tertiary/aromatic N) is 1. The van der Waals surface area contributed by atoms with Gasteiger partial charge in [-0.05, 0) is 48.5 Å². The van der Waals surface area contributed by atoms with Crippen LogP contribution in [0.1, 0.15) is 10.4 Å². The van der Waals surface area contributed by atoms with E-state index >= 15 is 0 Å². The number of amides is 1. The molecule has 4 rings (SSSR count). The van der Waals surface area contributed by atoms with Crippen molar-refractivity contribution in [3.63, 3.8) is 0 Å². The Hall–Kier alpha value is -3.38. The fraction of sp³-hybridized carbons (Fsp3) is 0.0909. The minimum atomic E-state index is -0.237. The van der Waals surface area contributed by atoms with E-state index in [2.05, 4.69) is 10.3 Å². The van der Waals surface area contributed by atoms with Crippen LogP contribution < -0.4 is 14.8 Å². The molecule has 3 aromatic carbocycles. The van der Waals surface area contributed by atoms with Gasteiger partial charge in [0.25, 0.3) is 5.91 Å². The molecule has 0 bridgehead atoms. The number of benzene rings is 3. The Labute approximate surface area is 166 Å². The van der Waals surface area contributed by atoms with E-state index < -0.39 is 0 Å². The second-order valence-corrected chi connectivity index (χ2v) is 7.12. The smallest absolute Gasteiger partial charge is 0.255 e. The van der Waals surface area contributed by atoms with Gasteiger partial charge in [-0.3, -0.25) is 4.79 Å². The van der Waals surface area contributed by atoms with Crippen molar-refractivity contribution in [2.45, 2.75) is 0 Å². The molecule has 6 heteroatoms. The number of rotatable bonds is 5. The Morgan fingerprint density at radius 2 is 1.82 bits per heavy atom. The first-order chi connectivity index (χ1) is 13.7. The largest absolute Gasteiger partial charge is 0.497 e. The highest BCUT2D eigenvalue weighted by Crippen LogP contribution is 2.35. The first kappa shape index (κ1) is 18.0. The summed E-state index contributed by atoms with van der Waals surface area (Å²) >= 11 is 1.61. The van der Waals surface area contributed by atoms with E-state index in [-0.39, 0.29) is 5.91 Å². The van der Waals surface area contributed by atoms with Crippen molar-refractivity contribution < 1.29 is 14.3 Å². The summed E-state index contributed by atoms with van der Waals surface area (Å²) in [7, 11) is 3.15. The number of hydrogen-bond donors (Lipinski definition) is 1. The van der Waals surface area contributed by atoms with Crippen LogP contribution in [0.5, 0.6) is 11.5 Å². The standard InChI is InChI=1S/C22H18N2O3S/c1-26-16-7-5-6-14(12-16)21(25)23-18-13-15(10-11-19(18)27-2)22-24-17-8-3-4-9-20(17)28-22/h3-13H,1-2H3,(H,23,25). The van der Waals surface area contributed by atoms with E-state index in [9.17, 15) is 4.79 Å². The third-order valence-corrected chi connectivity index (χ3v) is 5.41. The first-order valence-electron chi connectivity index (χ1n) is 8.67. The lowest BCUT2D eigenvalue weighted by Gasteiger charge is -2.12. The lowest BCUT2D eigenvalue weighted by molar-refractivity contribution is 0.102. The molecule has 4 aromatic rings. The van der Waals surface area contributed by atoms with Crippen LogP contribution in [0.15, 0.2) is 66.7 Å². The van der Waals surface area contributed by atoms with Crippen LogP contribution in [0.25, 0.3) is 20.8 Å². The molecule has 0 unspecified atom stereocenters. The van der Waals surface area contributed by atoms with Crippen molar-refractivity contribution in [2.24, 2.45) is 0 Å². The summed E-state index contributed by atoms with van der Waals surface area (Å²) in [6, 6.07) is 20.7. The quantitative estimate of drug-likeness (QED) is 0.507.